The third kappa shape index (κ3) is 9.26. The zero-order chi connectivity index (χ0) is 17.8. The van der Waals surface area contributed by atoms with Gasteiger partial charge in [0, 0.05) is 26.1 Å². The van der Waals surface area contributed by atoms with Gasteiger partial charge in [-0.1, -0.05) is 19.3 Å². The fourth-order valence-electron chi connectivity index (χ4n) is 3.16. The van der Waals surface area contributed by atoms with Crippen LogP contribution in [0.4, 0.5) is 0 Å². The van der Waals surface area contributed by atoms with E-state index in [1.54, 1.807) is 6.92 Å². The molecule has 0 bridgehead atoms. The van der Waals surface area contributed by atoms with E-state index in [9.17, 15) is 9.59 Å². The maximum absolute atomic E-state index is 12.6. The summed E-state index contributed by atoms with van der Waals surface area (Å²) in [6.07, 6.45) is 7.99. The van der Waals surface area contributed by atoms with Crippen molar-refractivity contribution in [3.8, 4) is 0 Å². The van der Waals surface area contributed by atoms with Gasteiger partial charge in [-0.25, -0.2) is 0 Å². The summed E-state index contributed by atoms with van der Waals surface area (Å²) in [4.78, 5) is 26.1. The van der Waals surface area contributed by atoms with Gasteiger partial charge < -0.3 is 14.4 Å². The zero-order valence-electron chi connectivity index (χ0n) is 15.7. The Bertz CT molecular complexity index is 364. The lowest BCUT2D eigenvalue weighted by atomic mass is 9.86. The SMILES string of the molecule is CCOC(=O)CCN(CCCOC(C)C)C(=O)CC1CCCCC1. The molecule has 5 heteroatoms. The van der Waals surface area contributed by atoms with E-state index in [0.29, 0.717) is 38.6 Å². The predicted molar refractivity (Wildman–Crippen MR) is 94.7 cm³/mol. The first-order valence-corrected chi connectivity index (χ1v) is 9.58. The van der Waals surface area contributed by atoms with Gasteiger partial charge in [0.05, 0.1) is 19.1 Å². The van der Waals surface area contributed by atoms with Crippen LogP contribution < -0.4 is 0 Å². The highest BCUT2D eigenvalue weighted by Crippen LogP contribution is 2.26. The molecule has 0 atom stereocenters. The molecule has 24 heavy (non-hydrogen) atoms. The molecule has 0 aromatic rings. The topological polar surface area (TPSA) is 55.8 Å². The molecule has 0 aromatic heterocycles. The van der Waals surface area contributed by atoms with E-state index in [1.165, 1.54) is 19.3 Å². The Balaban J connectivity index is 2.44. The smallest absolute Gasteiger partial charge is 0.307 e. The standard InChI is InChI=1S/C19H35NO4/c1-4-23-19(22)11-13-20(12-8-14-24-16(2)3)18(21)15-17-9-6-5-7-10-17/h16-17H,4-15H2,1-3H3. The highest BCUT2D eigenvalue weighted by molar-refractivity contribution is 5.77. The van der Waals surface area contributed by atoms with Crippen LogP contribution in [-0.4, -0.2) is 49.2 Å². The van der Waals surface area contributed by atoms with Gasteiger partial charge in [0.15, 0.2) is 0 Å². The van der Waals surface area contributed by atoms with Crippen LogP contribution in [0, 0.1) is 5.92 Å². The molecule has 0 aliphatic heterocycles. The van der Waals surface area contributed by atoms with Crippen LogP contribution in [0.5, 0.6) is 0 Å². The molecule has 1 rings (SSSR count). The summed E-state index contributed by atoms with van der Waals surface area (Å²) in [6.45, 7) is 7.94. The van der Waals surface area contributed by atoms with E-state index in [0.717, 1.165) is 19.3 Å². The van der Waals surface area contributed by atoms with Crippen molar-refractivity contribution in [1.29, 1.82) is 0 Å². The van der Waals surface area contributed by atoms with Crippen LogP contribution in [0.1, 0.15) is 72.1 Å². The molecule has 140 valence electrons. The highest BCUT2D eigenvalue weighted by Gasteiger charge is 2.21. The molecule has 0 unspecified atom stereocenters. The van der Waals surface area contributed by atoms with Gasteiger partial charge >= 0.3 is 5.97 Å². The van der Waals surface area contributed by atoms with Crippen molar-refractivity contribution in [2.24, 2.45) is 5.92 Å². The lowest BCUT2D eigenvalue weighted by Crippen LogP contribution is -2.36. The Morgan fingerprint density at radius 1 is 1.12 bits per heavy atom. The van der Waals surface area contributed by atoms with E-state index < -0.39 is 0 Å². The third-order valence-electron chi connectivity index (χ3n) is 4.46. The van der Waals surface area contributed by atoms with Crippen LogP contribution in [0.3, 0.4) is 0 Å². The van der Waals surface area contributed by atoms with Gasteiger partial charge in [-0.15, -0.1) is 0 Å². The molecule has 1 amide bonds. The van der Waals surface area contributed by atoms with Crippen LogP contribution >= 0.6 is 0 Å². The number of ether oxygens (including phenoxy) is 2. The number of rotatable bonds is 11. The predicted octanol–water partition coefficient (Wildman–Crippen LogP) is 3.55. The van der Waals surface area contributed by atoms with Crippen molar-refractivity contribution in [3.05, 3.63) is 0 Å². The Kier molecular flexibility index (Phi) is 10.7. The Morgan fingerprint density at radius 2 is 1.83 bits per heavy atom. The molecular formula is C19H35NO4. The van der Waals surface area contributed by atoms with E-state index in [4.69, 9.17) is 9.47 Å². The summed E-state index contributed by atoms with van der Waals surface area (Å²) in [7, 11) is 0. The van der Waals surface area contributed by atoms with Gasteiger partial charge in [-0.2, -0.15) is 0 Å². The molecule has 1 fully saturated rings. The summed E-state index contributed by atoms with van der Waals surface area (Å²) in [5.41, 5.74) is 0. The molecule has 0 spiro atoms. The number of hydrogen-bond acceptors (Lipinski definition) is 4. The minimum absolute atomic E-state index is 0.177. The molecule has 1 saturated carbocycles. The average Bonchev–Trinajstić information content (AvgIpc) is 2.55. The first kappa shape index (κ1) is 20.9. The van der Waals surface area contributed by atoms with E-state index in [2.05, 4.69) is 0 Å². The van der Waals surface area contributed by atoms with Crippen molar-refractivity contribution in [2.75, 3.05) is 26.3 Å². The third-order valence-corrected chi connectivity index (χ3v) is 4.46. The second kappa shape index (κ2) is 12.3. The van der Waals surface area contributed by atoms with Crippen molar-refractivity contribution in [1.82, 2.24) is 4.90 Å². The largest absolute Gasteiger partial charge is 0.466 e. The molecule has 5 nitrogen and oxygen atoms in total. The van der Waals surface area contributed by atoms with Crippen LogP contribution in [-0.2, 0) is 19.1 Å². The summed E-state index contributed by atoms with van der Waals surface area (Å²) >= 11 is 0. The second-order valence-corrected chi connectivity index (χ2v) is 6.92. The molecule has 1 aliphatic rings. The van der Waals surface area contributed by atoms with E-state index >= 15 is 0 Å². The van der Waals surface area contributed by atoms with Crippen molar-refractivity contribution in [3.63, 3.8) is 0 Å². The molecule has 1 aliphatic carbocycles. The molecule has 0 aromatic carbocycles. The minimum Gasteiger partial charge on any atom is -0.466 e. The Morgan fingerprint density at radius 3 is 2.46 bits per heavy atom. The quantitative estimate of drug-likeness (QED) is 0.426. The highest BCUT2D eigenvalue weighted by atomic mass is 16.5. The number of nitrogens with zero attached hydrogens (tertiary/aromatic N) is 1. The molecule has 0 N–H and O–H groups in total. The monoisotopic (exact) mass is 341 g/mol. The van der Waals surface area contributed by atoms with Gasteiger partial charge in [-0.05, 0) is 46.0 Å². The maximum Gasteiger partial charge on any atom is 0.307 e. The number of carbonyl (C=O) groups is 2. The normalized spacial score (nSPS) is 15.5. The van der Waals surface area contributed by atoms with Gasteiger partial charge in [0.1, 0.15) is 0 Å². The molecular weight excluding hydrogens is 306 g/mol. The van der Waals surface area contributed by atoms with Gasteiger partial charge in [-0.3, -0.25) is 9.59 Å². The summed E-state index contributed by atoms with van der Waals surface area (Å²) < 4.78 is 10.5. The summed E-state index contributed by atoms with van der Waals surface area (Å²) in [5, 5.41) is 0. The number of amides is 1. The average molecular weight is 341 g/mol. The fraction of sp³-hybridized carbons (Fsp3) is 0.895. The van der Waals surface area contributed by atoms with Crippen LogP contribution in [0.2, 0.25) is 0 Å². The summed E-state index contributed by atoms with van der Waals surface area (Å²) in [6, 6.07) is 0. The second-order valence-electron chi connectivity index (χ2n) is 6.92. The minimum atomic E-state index is -0.230. The fourth-order valence-corrected chi connectivity index (χ4v) is 3.16. The van der Waals surface area contributed by atoms with Gasteiger partial charge in [0.25, 0.3) is 0 Å². The Hall–Kier alpha value is -1.10. The number of esters is 1. The van der Waals surface area contributed by atoms with Crippen molar-refractivity contribution < 1.29 is 19.1 Å². The Labute approximate surface area is 147 Å². The number of hydrogen-bond donors (Lipinski definition) is 0. The van der Waals surface area contributed by atoms with Crippen LogP contribution in [0.25, 0.3) is 0 Å². The van der Waals surface area contributed by atoms with Crippen molar-refractivity contribution in [2.45, 2.75) is 78.2 Å². The molecule has 0 radical (unpaired) electrons. The lowest BCUT2D eigenvalue weighted by molar-refractivity contribution is -0.144. The lowest BCUT2D eigenvalue weighted by Gasteiger charge is -2.27. The maximum atomic E-state index is 12.6. The summed E-state index contributed by atoms with van der Waals surface area (Å²) in [5.74, 6) is 0.463. The first-order chi connectivity index (χ1) is 11.5. The van der Waals surface area contributed by atoms with E-state index in [-0.39, 0.29) is 24.4 Å². The van der Waals surface area contributed by atoms with Gasteiger partial charge in [0.2, 0.25) is 5.91 Å². The first-order valence-electron chi connectivity index (χ1n) is 9.58. The van der Waals surface area contributed by atoms with Crippen molar-refractivity contribution >= 4 is 11.9 Å². The molecule has 0 heterocycles. The zero-order valence-corrected chi connectivity index (χ0v) is 15.7. The number of carbonyl (C=O) groups excluding carboxylic acids is 2. The molecule has 0 saturated heterocycles. The van der Waals surface area contributed by atoms with Crippen LogP contribution in [0.15, 0.2) is 0 Å². The van der Waals surface area contributed by atoms with E-state index in [1.807, 2.05) is 18.7 Å².